The van der Waals surface area contributed by atoms with Crippen LogP contribution < -0.4 is 5.32 Å². The molecule has 2 aromatic heterocycles. The van der Waals surface area contributed by atoms with Gasteiger partial charge in [0.1, 0.15) is 0 Å². The van der Waals surface area contributed by atoms with Crippen molar-refractivity contribution in [2.24, 2.45) is 0 Å². The Bertz CT molecular complexity index is 403. The van der Waals surface area contributed by atoms with Gasteiger partial charge in [0.05, 0.1) is 0 Å². The number of rotatable bonds is 4. The van der Waals surface area contributed by atoms with E-state index >= 15 is 0 Å². The molecular formula is C12H15NS2. The van der Waals surface area contributed by atoms with Gasteiger partial charge >= 0.3 is 0 Å². The summed E-state index contributed by atoms with van der Waals surface area (Å²) in [5.41, 5.74) is 1.38. The first kappa shape index (κ1) is 10.9. The fraction of sp³-hybridized carbons (Fsp3) is 0.333. The summed E-state index contributed by atoms with van der Waals surface area (Å²) in [6, 6.07) is 7.00. The third kappa shape index (κ3) is 2.91. The van der Waals surface area contributed by atoms with Gasteiger partial charge in [-0.3, -0.25) is 0 Å². The van der Waals surface area contributed by atoms with Crippen molar-refractivity contribution in [2.75, 3.05) is 0 Å². The van der Waals surface area contributed by atoms with Crippen molar-refractivity contribution in [3.05, 3.63) is 44.3 Å². The van der Waals surface area contributed by atoms with Crippen LogP contribution in [0.2, 0.25) is 0 Å². The van der Waals surface area contributed by atoms with Crippen molar-refractivity contribution >= 4 is 22.7 Å². The van der Waals surface area contributed by atoms with E-state index in [1.165, 1.54) is 15.3 Å². The lowest BCUT2D eigenvalue weighted by molar-refractivity contribution is 0.580. The molecule has 2 aromatic rings. The Balaban J connectivity index is 1.88. The fourth-order valence-corrected chi connectivity index (χ4v) is 3.07. The van der Waals surface area contributed by atoms with Gasteiger partial charge in [-0.2, -0.15) is 11.3 Å². The predicted octanol–water partition coefficient (Wildman–Crippen LogP) is 3.97. The predicted molar refractivity (Wildman–Crippen MR) is 68.6 cm³/mol. The van der Waals surface area contributed by atoms with Crippen molar-refractivity contribution in [3.63, 3.8) is 0 Å². The highest BCUT2D eigenvalue weighted by atomic mass is 32.1. The molecule has 1 unspecified atom stereocenters. The molecule has 3 heteroatoms. The molecule has 0 aliphatic rings. The van der Waals surface area contributed by atoms with Crippen LogP contribution >= 0.6 is 22.7 Å². The van der Waals surface area contributed by atoms with Crippen LogP contribution in [0.4, 0.5) is 0 Å². The van der Waals surface area contributed by atoms with Gasteiger partial charge in [0.2, 0.25) is 0 Å². The van der Waals surface area contributed by atoms with Gasteiger partial charge < -0.3 is 5.32 Å². The van der Waals surface area contributed by atoms with Gasteiger partial charge in [-0.1, -0.05) is 0 Å². The molecule has 1 N–H and O–H groups in total. The normalized spacial score (nSPS) is 12.9. The summed E-state index contributed by atoms with van der Waals surface area (Å²) < 4.78 is 0. The van der Waals surface area contributed by atoms with Crippen LogP contribution in [0.15, 0.2) is 29.0 Å². The Kier molecular flexibility index (Phi) is 3.57. The maximum atomic E-state index is 3.53. The Morgan fingerprint density at radius 1 is 1.33 bits per heavy atom. The molecule has 1 nitrogen and oxygen atoms in total. The number of hydrogen-bond acceptors (Lipinski definition) is 3. The van der Waals surface area contributed by atoms with E-state index in [1.807, 2.05) is 11.3 Å². The molecule has 0 aromatic carbocycles. The van der Waals surface area contributed by atoms with Gasteiger partial charge in [0.25, 0.3) is 0 Å². The zero-order valence-corrected chi connectivity index (χ0v) is 10.6. The summed E-state index contributed by atoms with van der Waals surface area (Å²) in [6.07, 6.45) is 0. The third-order valence-corrected chi connectivity index (χ3v) is 4.12. The number of hydrogen-bond donors (Lipinski definition) is 1. The van der Waals surface area contributed by atoms with Gasteiger partial charge in [-0.05, 0) is 48.4 Å². The van der Waals surface area contributed by atoms with E-state index < -0.39 is 0 Å². The third-order valence-electron chi connectivity index (χ3n) is 2.42. The lowest BCUT2D eigenvalue weighted by atomic mass is 10.2. The van der Waals surface area contributed by atoms with E-state index in [4.69, 9.17) is 0 Å². The minimum absolute atomic E-state index is 0.443. The van der Waals surface area contributed by atoms with E-state index in [1.54, 1.807) is 11.3 Å². The van der Waals surface area contributed by atoms with Crippen molar-refractivity contribution in [1.82, 2.24) is 5.32 Å². The highest BCUT2D eigenvalue weighted by molar-refractivity contribution is 7.11. The largest absolute Gasteiger partial charge is 0.305 e. The molecular weight excluding hydrogens is 222 g/mol. The molecule has 15 heavy (non-hydrogen) atoms. The summed E-state index contributed by atoms with van der Waals surface area (Å²) in [5, 5.41) is 7.87. The first-order valence-corrected chi connectivity index (χ1v) is 6.82. The summed E-state index contributed by atoms with van der Waals surface area (Å²) in [5.74, 6) is 0. The molecule has 0 saturated heterocycles. The topological polar surface area (TPSA) is 12.0 Å². The van der Waals surface area contributed by atoms with E-state index in [-0.39, 0.29) is 0 Å². The average molecular weight is 237 g/mol. The second-order valence-electron chi connectivity index (χ2n) is 3.67. The molecule has 0 aliphatic carbocycles. The molecule has 2 heterocycles. The van der Waals surface area contributed by atoms with Crippen LogP contribution in [0.1, 0.15) is 28.3 Å². The first-order chi connectivity index (χ1) is 7.25. The second kappa shape index (κ2) is 4.92. The molecule has 0 saturated carbocycles. The van der Waals surface area contributed by atoms with E-state index in [2.05, 4.69) is 48.1 Å². The molecule has 0 bridgehead atoms. The summed E-state index contributed by atoms with van der Waals surface area (Å²) in [7, 11) is 0. The van der Waals surface area contributed by atoms with Crippen LogP contribution in [-0.2, 0) is 6.54 Å². The van der Waals surface area contributed by atoms with Crippen molar-refractivity contribution in [3.8, 4) is 0 Å². The smallest absolute Gasteiger partial charge is 0.0305 e. The van der Waals surface area contributed by atoms with Crippen LogP contribution in [0, 0.1) is 6.92 Å². The Morgan fingerprint density at radius 2 is 2.20 bits per heavy atom. The number of nitrogens with one attached hydrogen (secondary N) is 1. The molecule has 1 atom stereocenters. The maximum absolute atomic E-state index is 3.53. The quantitative estimate of drug-likeness (QED) is 0.848. The Labute approximate surface area is 98.8 Å². The van der Waals surface area contributed by atoms with Crippen LogP contribution in [0.3, 0.4) is 0 Å². The summed E-state index contributed by atoms with van der Waals surface area (Å²) >= 11 is 3.62. The molecule has 2 rings (SSSR count). The molecule has 0 amide bonds. The van der Waals surface area contributed by atoms with E-state index in [0.717, 1.165) is 6.54 Å². The molecule has 0 radical (unpaired) electrons. The van der Waals surface area contributed by atoms with Crippen molar-refractivity contribution in [2.45, 2.75) is 26.4 Å². The highest BCUT2D eigenvalue weighted by Gasteiger charge is 2.05. The first-order valence-electron chi connectivity index (χ1n) is 5.06. The monoisotopic (exact) mass is 237 g/mol. The average Bonchev–Trinajstić information content (AvgIpc) is 2.84. The van der Waals surface area contributed by atoms with Gasteiger partial charge in [0, 0.05) is 22.3 Å². The molecule has 0 spiro atoms. The standard InChI is InChI=1S/C12H15NS2/c1-9-3-4-12(15-9)7-13-10(2)11-5-6-14-8-11/h3-6,8,10,13H,7H2,1-2H3. The minimum atomic E-state index is 0.443. The van der Waals surface area contributed by atoms with Gasteiger partial charge in [-0.15, -0.1) is 11.3 Å². The van der Waals surface area contributed by atoms with Gasteiger partial charge in [0.15, 0.2) is 0 Å². The highest BCUT2D eigenvalue weighted by Crippen LogP contribution is 2.18. The van der Waals surface area contributed by atoms with Crippen molar-refractivity contribution < 1.29 is 0 Å². The number of thiophene rings is 2. The Hall–Kier alpha value is -0.640. The number of aryl methyl sites for hydroxylation is 1. The SMILES string of the molecule is Cc1ccc(CNC(C)c2ccsc2)s1. The van der Waals surface area contributed by atoms with Gasteiger partial charge in [-0.25, -0.2) is 0 Å². The summed E-state index contributed by atoms with van der Waals surface area (Å²) in [4.78, 5) is 2.80. The second-order valence-corrected chi connectivity index (χ2v) is 5.82. The van der Waals surface area contributed by atoms with Crippen molar-refractivity contribution in [1.29, 1.82) is 0 Å². The summed E-state index contributed by atoms with van der Waals surface area (Å²) in [6.45, 7) is 5.33. The molecule has 80 valence electrons. The van der Waals surface area contributed by atoms with E-state index in [9.17, 15) is 0 Å². The Morgan fingerprint density at radius 3 is 2.80 bits per heavy atom. The maximum Gasteiger partial charge on any atom is 0.0305 e. The van der Waals surface area contributed by atoms with Crippen LogP contribution in [-0.4, -0.2) is 0 Å². The van der Waals surface area contributed by atoms with Crippen LogP contribution in [0.25, 0.3) is 0 Å². The fourth-order valence-electron chi connectivity index (χ4n) is 1.47. The van der Waals surface area contributed by atoms with E-state index in [0.29, 0.717) is 6.04 Å². The lowest BCUT2D eigenvalue weighted by Crippen LogP contribution is -2.16. The zero-order chi connectivity index (χ0) is 10.7. The molecule has 0 aliphatic heterocycles. The minimum Gasteiger partial charge on any atom is -0.305 e. The van der Waals surface area contributed by atoms with Crippen LogP contribution in [0.5, 0.6) is 0 Å². The molecule has 0 fully saturated rings. The zero-order valence-electron chi connectivity index (χ0n) is 8.99. The lowest BCUT2D eigenvalue weighted by Gasteiger charge is -2.11.